The molecule has 0 aliphatic heterocycles. The van der Waals surface area contributed by atoms with Crippen molar-refractivity contribution in [3.8, 4) is 11.3 Å². The maximum Gasteiger partial charge on any atom is 0.198 e. The van der Waals surface area contributed by atoms with E-state index in [0.29, 0.717) is 11.3 Å². The number of allylic oxidation sites excluding steroid dienone is 1. The van der Waals surface area contributed by atoms with Gasteiger partial charge in [-0.25, -0.2) is 9.18 Å². The van der Waals surface area contributed by atoms with Crippen molar-refractivity contribution in [1.82, 2.24) is 9.78 Å². The standard InChI is InChI=1S/C16H17FN2O2/c1-3-4-13-8-16(18-19(13)9-14(21)10-20)12-5-6-15(17)11(2)7-12/h5-8,21H,3-4,9H2,1-2H3. The van der Waals surface area contributed by atoms with Crippen molar-refractivity contribution >= 4 is 5.94 Å². The van der Waals surface area contributed by atoms with Crippen molar-refractivity contribution in [2.45, 2.75) is 33.2 Å². The van der Waals surface area contributed by atoms with Gasteiger partial charge in [0.05, 0.1) is 5.69 Å². The number of rotatable bonds is 5. The summed E-state index contributed by atoms with van der Waals surface area (Å²) in [5.41, 5.74) is 2.96. The fourth-order valence-electron chi connectivity index (χ4n) is 2.17. The van der Waals surface area contributed by atoms with Gasteiger partial charge in [0.15, 0.2) is 11.7 Å². The molecule has 0 radical (unpaired) electrons. The summed E-state index contributed by atoms with van der Waals surface area (Å²) >= 11 is 0. The lowest BCUT2D eigenvalue weighted by Gasteiger charge is -2.03. The van der Waals surface area contributed by atoms with E-state index in [0.717, 1.165) is 24.1 Å². The molecule has 21 heavy (non-hydrogen) atoms. The first-order chi connectivity index (χ1) is 10.0. The minimum Gasteiger partial charge on any atom is -0.501 e. The normalized spacial score (nSPS) is 10.4. The molecule has 0 bridgehead atoms. The Labute approximate surface area is 122 Å². The van der Waals surface area contributed by atoms with E-state index < -0.39 is 5.76 Å². The number of aromatic nitrogens is 2. The van der Waals surface area contributed by atoms with Crippen LogP contribution in [-0.2, 0) is 17.8 Å². The summed E-state index contributed by atoms with van der Waals surface area (Å²) in [7, 11) is 0. The quantitative estimate of drug-likeness (QED) is 0.679. The average Bonchev–Trinajstić information content (AvgIpc) is 2.85. The molecular weight excluding hydrogens is 271 g/mol. The second-order valence-corrected chi connectivity index (χ2v) is 4.94. The van der Waals surface area contributed by atoms with Crippen molar-refractivity contribution in [2.24, 2.45) is 0 Å². The smallest absolute Gasteiger partial charge is 0.198 e. The molecule has 0 saturated heterocycles. The van der Waals surface area contributed by atoms with E-state index in [4.69, 9.17) is 0 Å². The molecule has 0 amide bonds. The molecule has 0 unspecified atom stereocenters. The van der Waals surface area contributed by atoms with Crippen molar-refractivity contribution in [1.29, 1.82) is 0 Å². The second-order valence-electron chi connectivity index (χ2n) is 4.94. The molecule has 0 fully saturated rings. The number of aliphatic hydroxyl groups excluding tert-OH is 1. The third kappa shape index (κ3) is 3.38. The molecule has 2 rings (SSSR count). The van der Waals surface area contributed by atoms with Crippen molar-refractivity contribution in [3.05, 3.63) is 47.1 Å². The van der Waals surface area contributed by atoms with Gasteiger partial charge in [0, 0.05) is 11.3 Å². The number of hydrogen-bond acceptors (Lipinski definition) is 3. The zero-order chi connectivity index (χ0) is 15.4. The minimum absolute atomic E-state index is 0.000982. The van der Waals surface area contributed by atoms with Crippen LogP contribution >= 0.6 is 0 Å². The molecule has 4 nitrogen and oxygen atoms in total. The summed E-state index contributed by atoms with van der Waals surface area (Å²) in [5.74, 6) is 0.813. The maximum atomic E-state index is 13.3. The zero-order valence-electron chi connectivity index (χ0n) is 12.1. The van der Waals surface area contributed by atoms with Crippen molar-refractivity contribution in [3.63, 3.8) is 0 Å². The van der Waals surface area contributed by atoms with Gasteiger partial charge in [0.25, 0.3) is 0 Å². The Balaban J connectivity index is 2.42. The summed E-state index contributed by atoms with van der Waals surface area (Å²) in [4.78, 5) is 10.4. The molecule has 0 aliphatic carbocycles. The highest BCUT2D eigenvalue weighted by atomic mass is 19.1. The first kappa shape index (κ1) is 15.0. The van der Waals surface area contributed by atoms with Gasteiger partial charge in [-0.1, -0.05) is 13.3 Å². The lowest BCUT2D eigenvalue weighted by Crippen LogP contribution is -2.07. The molecule has 0 spiro atoms. The van der Waals surface area contributed by atoms with Gasteiger partial charge in [-0.2, -0.15) is 5.10 Å². The Bertz CT molecular complexity index is 700. The molecule has 1 N–H and O–H groups in total. The van der Waals surface area contributed by atoms with Crippen LogP contribution in [0.5, 0.6) is 0 Å². The molecule has 1 heterocycles. The van der Waals surface area contributed by atoms with Gasteiger partial charge in [0.2, 0.25) is 0 Å². The molecule has 1 aromatic carbocycles. The van der Waals surface area contributed by atoms with Crippen molar-refractivity contribution < 1.29 is 14.3 Å². The van der Waals surface area contributed by atoms with Crippen LogP contribution in [0, 0.1) is 12.7 Å². The second kappa shape index (κ2) is 6.37. The third-order valence-electron chi connectivity index (χ3n) is 3.24. The van der Waals surface area contributed by atoms with Gasteiger partial charge < -0.3 is 5.11 Å². The predicted octanol–water partition coefficient (Wildman–Crippen LogP) is 3.22. The van der Waals surface area contributed by atoms with Crippen LogP contribution in [0.2, 0.25) is 0 Å². The summed E-state index contributed by atoms with van der Waals surface area (Å²) in [6.45, 7) is 3.73. The fourth-order valence-corrected chi connectivity index (χ4v) is 2.17. The first-order valence-corrected chi connectivity index (χ1v) is 6.81. The summed E-state index contributed by atoms with van der Waals surface area (Å²) in [6.07, 6.45) is 1.69. The first-order valence-electron chi connectivity index (χ1n) is 6.81. The third-order valence-corrected chi connectivity index (χ3v) is 3.24. The Morgan fingerprint density at radius 2 is 2.19 bits per heavy atom. The van der Waals surface area contributed by atoms with E-state index in [1.165, 1.54) is 12.0 Å². The Hall–Kier alpha value is -2.39. The minimum atomic E-state index is -0.391. The van der Waals surface area contributed by atoms with Crippen LogP contribution < -0.4 is 0 Å². The van der Waals surface area contributed by atoms with Crippen LogP contribution in [0.1, 0.15) is 24.6 Å². The number of carbonyl (C=O) groups excluding carboxylic acids is 1. The van der Waals surface area contributed by atoms with Crippen LogP contribution in [-0.4, -0.2) is 20.8 Å². The maximum absolute atomic E-state index is 13.3. The SMILES string of the molecule is CCCc1cc(-c2ccc(F)c(C)c2)nn1CC(O)=C=O. The number of benzene rings is 1. The lowest BCUT2D eigenvalue weighted by molar-refractivity contribution is 0.367. The Morgan fingerprint density at radius 3 is 2.81 bits per heavy atom. The van der Waals surface area contributed by atoms with Crippen LogP contribution in [0.3, 0.4) is 0 Å². The zero-order valence-corrected chi connectivity index (χ0v) is 12.1. The highest BCUT2D eigenvalue weighted by Gasteiger charge is 2.11. The number of aryl methyl sites for hydroxylation is 2. The van der Waals surface area contributed by atoms with Gasteiger partial charge in [-0.3, -0.25) is 4.68 Å². The average molecular weight is 288 g/mol. The number of hydrogen-bond donors (Lipinski definition) is 1. The summed E-state index contributed by atoms with van der Waals surface area (Å²) in [5, 5.41) is 13.7. The fraction of sp³-hybridized carbons (Fsp3) is 0.312. The van der Waals surface area contributed by atoms with Gasteiger partial charge >= 0.3 is 0 Å². The number of aliphatic hydroxyl groups is 1. The van der Waals surface area contributed by atoms with E-state index in [1.807, 2.05) is 13.0 Å². The molecule has 0 saturated carbocycles. The Morgan fingerprint density at radius 1 is 1.43 bits per heavy atom. The molecule has 0 aliphatic rings. The predicted molar refractivity (Wildman–Crippen MR) is 78.2 cm³/mol. The van der Waals surface area contributed by atoms with E-state index in [1.54, 1.807) is 23.7 Å². The van der Waals surface area contributed by atoms with Crippen LogP contribution in [0.25, 0.3) is 11.3 Å². The molecule has 5 heteroatoms. The summed E-state index contributed by atoms with van der Waals surface area (Å²) in [6, 6.07) is 6.70. The Kier molecular flexibility index (Phi) is 4.55. The number of nitrogens with zero attached hydrogens (tertiary/aromatic N) is 2. The van der Waals surface area contributed by atoms with Crippen molar-refractivity contribution in [2.75, 3.05) is 0 Å². The molecule has 110 valence electrons. The highest BCUT2D eigenvalue weighted by molar-refractivity contribution is 5.60. The summed E-state index contributed by atoms with van der Waals surface area (Å²) < 4.78 is 14.9. The highest BCUT2D eigenvalue weighted by Crippen LogP contribution is 2.22. The van der Waals surface area contributed by atoms with E-state index in [9.17, 15) is 14.3 Å². The topological polar surface area (TPSA) is 55.1 Å². The molecule has 2 aromatic rings. The molecular formula is C16H17FN2O2. The molecule has 0 atom stereocenters. The van der Waals surface area contributed by atoms with E-state index in [2.05, 4.69) is 5.10 Å². The van der Waals surface area contributed by atoms with Crippen LogP contribution in [0.4, 0.5) is 4.39 Å². The van der Waals surface area contributed by atoms with Crippen LogP contribution in [0.15, 0.2) is 30.0 Å². The van der Waals surface area contributed by atoms with E-state index in [-0.39, 0.29) is 12.4 Å². The lowest BCUT2D eigenvalue weighted by atomic mass is 10.1. The van der Waals surface area contributed by atoms with Gasteiger partial charge in [-0.05, 0) is 43.2 Å². The van der Waals surface area contributed by atoms with Gasteiger partial charge in [-0.15, -0.1) is 0 Å². The molecule has 1 aromatic heterocycles. The largest absolute Gasteiger partial charge is 0.501 e. The monoisotopic (exact) mass is 288 g/mol. The van der Waals surface area contributed by atoms with Gasteiger partial charge in [0.1, 0.15) is 12.4 Å². The van der Waals surface area contributed by atoms with E-state index >= 15 is 0 Å². The number of halogens is 1.